The maximum absolute atomic E-state index is 10.8. The van der Waals surface area contributed by atoms with Crippen molar-refractivity contribution in [3.8, 4) is 0 Å². The summed E-state index contributed by atoms with van der Waals surface area (Å²) in [6, 6.07) is 9.49. The molecular weight excluding hydrogens is 277 g/mol. The molecular formula is C11H9Cl2N3O2. The number of imidazole rings is 1. The maximum Gasteiger partial charge on any atom is 0.387 e. The van der Waals surface area contributed by atoms with Gasteiger partial charge in [-0.25, -0.2) is 0 Å². The van der Waals surface area contributed by atoms with Gasteiger partial charge in [-0.2, -0.15) is 0 Å². The molecule has 1 heterocycles. The number of hydrogen-bond acceptors (Lipinski definition) is 3. The van der Waals surface area contributed by atoms with E-state index in [0.29, 0.717) is 6.54 Å². The Morgan fingerprint density at radius 2 is 2.00 bits per heavy atom. The molecule has 7 heteroatoms. The Hall–Kier alpha value is -1.59. The Bertz CT molecular complexity index is 555. The van der Waals surface area contributed by atoms with Gasteiger partial charge in [-0.3, -0.25) is 0 Å². The van der Waals surface area contributed by atoms with Crippen LogP contribution >= 0.6 is 23.2 Å². The molecule has 2 rings (SSSR count). The molecule has 0 fully saturated rings. The molecule has 94 valence electrons. The van der Waals surface area contributed by atoms with E-state index in [2.05, 4.69) is 4.98 Å². The van der Waals surface area contributed by atoms with E-state index in [9.17, 15) is 10.1 Å². The van der Waals surface area contributed by atoms with Gasteiger partial charge in [0.05, 0.1) is 6.54 Å². The van der Waals surface area contributed by atoms with Crippen LogP contribution in [0.25, 0.3) is 0 Å². The van der Waals surface area contributed by atoms with Crippen molar-refractivity contribution in [3.05, 3.63) is 58.0 Å². The largest absolute Gasteiger partial charge is 0.387 e. The Morgan fingerprint density at radius 3 is 2.56 bits per heavy atom. The second kappa shape index (κ2) is 5.37. The second-order valence-electron chi connectivity index (χ2n) is 3.62. The fourth-order valence-corrected chi connectivity index (χ4v) is 2.10. The first kappa shape index (κ1) is 12.9. The molecule has 0 aliphatic carbocycles. The smallest absolute Gasteiger partial charge is 0.358 e. The Kier molecular flexibility index (Phi) is 3.84. The summed E-state index contributed by atoms with van der Waals surface area (Å²) in [5.41, 5.74) is 1.19. The van der Waals surface area contributed by atoms with Crippen LogP contribution in [-0.4, -0.2) is 14.5 Å². The van der Waals surface area contributed by atoms with Crippen molar-refractivity contribution >= 4 is 29.0 Å². The standard InChI is InChI=1S/C11H9Cl2N3O2/c12-10(13)9-11(16(17)18)14-7-15(9)6-8-4-2-1-3-5-8/h1-5,7,10H,6H2. The van der Waals surface area contributed by atoms with Crippen LogP contribution < -0.4 is 0 Å². The van der Waals surface area contributed by atoms with Crippen molar-refractivity contribution < 1.29 is 4.92 Å². The highest BCUT2D eigenvalue weighted by Gasteiger charge is 2.26. The molecule has 0 amide bonds. The summed E-state index contributed by atoms with van der Waals surface area (Å²) in [5.74, 6) is -0.305. The topological polar surface area (TPSA) is 61.0 Å². The summed E-state index contributed by atoms with van der Waals surface area (Å²) in [5, 5.41) is 10.8. The zero-order chi connectivity index (χ0) is 13.1. The van der Waals surface area contributed by atoms with Crippen molar-refractivity contribution in [2.45, 2.75) is 11.4 Å². The van der Waals surface area contributed by atoms with Gasteiger partial charge < -0.3 is 14.7 Å². The number of alkyl halides is 2. The number of rotatable bonds is 4. The minimum absolute atomic E-state index is 0.201. The molecule has 18 heavy (non-hydrogen) atoms. The predicted molar refractivity (Wildman–Crippen MR) is 68.9 cm³/mol. The number of aromatic nitrogens is 2. The molecule has 0 atom stereocenters. The van der Waals surface area contributed by atoms with Crippen LogP contribution in [0.3, 0.4) is 0 Å². The van der Waals surface area contributed by atoms with Gasteiger partial charge >= 0.3 is 5.82 Å². The SMILES string of the molecule is O=[N+]([O-])c1ncn(Cc2ccccc2)c1C(Cl)Cl. The van der Waals surface area contributed by atoms with E-state index in [0.717, 1.165) is 5.56 Å². The lowest BCUT2D eigenvalue weighted by Crippen LogP contribution is -2.04. The summed E-state index contributed by atoms with van der Waals surface area (Å²) >= 11 is 11.5. The molecule has 0 saturated carbocycles. The zero-order valence-corrected chi connectivity index (χ0v) is 10.7. The van der Waals surface area contributed by atoms with Crippen LogP contribution in [0.5, 0.6) is 0 Å². The van der Waals surface area contributed by atoms with Gasteiger partial charge in [0, 0.05) is 0 Å². The van der Waals surface area contributed by atoms with Crippen molar-refractivity contribution in [2.75, 3.05) is 0 Å². The van der Waals surface area contributed by atoms with E-state index in [1.54, 1.807) is 4.57 Å². The number of nitrogens with zero attached hydrogens (tertiary/aromatic N) is 3. The van der Waals surface area contributed by atoms with Crippen LogP contribution in [-0.2, 0) is 6.54 Å². The van der Waals surface area contributed by atoms with Crippen molar-refractivity contribution in [1.29, 1.82) is 0 Å². The van der Waals surface area contributed by atoms with E-state index in [1.807, 2.05) is 30.3 Å². The molecule has 0 radical (unpaired) electrons. The molecule has 0 N–H and O–H groups in total. The summed E-state index contributed by atoms with van der Waals surface area (Å²) < 4.78 is 1.58. The Balaban J connectivity index is 2.37. The fraction of sp³-hybridized carbons (Fsp3) is 0.182. The monoisotopic (exact) mass is 285 g/mol. The Labute approximate surface area is 113 Å². The van der Waals surface area contributed by atoms with Gasteiger partial charge in [0.2, 0.25) is 6.33 Å². The number of benzene rings is 1. The number of nitro groups is 1. The van der Waals surface area contributed by atoms with E-state index >= 15 is 0 Å². The van der Waals surface area contributed by atoms with Crippen molar-refractivity contribution in [3.63, 3.8) is 0 Å². The summed E-state index contributed by atoms with van der Waals surface area (Å²) in [6.45, 7) is 0.437. The first-order chi connectivity index (χ1) is 8.59. The van der Waals surface area contributed by atoms with Crippen LogP contribution in [0.2, 0.25) is 0 Å². The zero-order valence-electron chi connectivity index (χ0n) is 9.16. The number of halogens is 2. The van der Waals surface area contributed by atoms with Crippen LogP contribution in [0, 0.1) is 10.1 Å². The second-order valence-corrected chi connectivity index (χ2v) is 4.72. The van der Waals surface area contributed by atoms with Gasteiger partial charge in [0.15, 0.2) is 10.5 Å². The Morgan fingerprint density at radius 1 is 1.33 bits per heavy atom. The highest BCUT2D eigenvalue weighted by molar-refractivity contribution is 6.44. The van der Waals surface area contributed by atoms with Crippen LogP contribution in [0.4, 0.5) is 5.82 Å². The summed E-state index contributed by atoms with van der Waals surface area (Å²) in [7, 11) is 0. The molecule has 1 aromatic carbocycles. The van der Waals surface area contributed by atoms with Crippen LogP contribution in [0.15, 0.2) is 36.7 Å². The first-order valence-electron chi connectivity index (χ1n) is 5.11. The van der Waals surface area contributed by atoms with Crippen molar-refractivity contribution in [1.82, 2.24) is 9.55 Å². The van der Waals surface area contributed by atoms with E-state index in [1.165, 1.54) is 6.33 Å². The molecule has 0 aliphatic heterocycles. The van der Waals surface area contributed by atoms with E-state index in [4.69, 9.17) is 23.2 Å². The third-order valence-corrected chi connectivity index (χ3v) is 2.85. The quantitative estimate of drug-likeness (QED) is 0.492. The average molecular weight is 286 g/mol. The molecule has 2 aromatic rings. The molecule has 0 saturated heterocycles. The molecule has 0 unspecified atom stereocenters. The van der Waals surface area contributed by atoms with Crippen molar-refractivity contribution in [2.24, 2.45) is 0 Å². The third kappa shape index (κ3) is 2.63. The minimum Gasteiger partial charge on any atom is -0.358 e. The van der Waals surface area contributed by atoms with Gasteiger partial charge in [-0.05, 0) is 15.5 Å². The molecule has 0 spiro atoms. The van der Waals surface area contributed by atoms with Gasteiger partial charge in [-0.1, -0.05) is 53.5 Å². The van der Waals surface area contributed by atoms with E-state index < -0.39 is 9.76 Å². The fourth-order valence-electron chi connectivity index (χ4n) is 1.65. The summed E-state index contributed by atoms with van der Waals surface area (Å²) in [4.78, 5) is 13.0. The van der Waals surface area contributed by atoms with Gasteiger partial charge in [0.1, 0.15) is 0 Å². The predicted octanol–water partition coefficient (Wildman–Crippen LogP) is 3.32. The first-order valence-corrected chi connectivity index (χ1v) is 5.98. The van der Waals surface area contributed by atoms with Crippen LogP contribution in [0.1, 0.15) is 16.1 Å². The third-order valence-electron chi connectivity index (χ3n) is 2.43. The maximum atomic E-state index is 10.8. The average Bonchev–Trinajstić information content (AvgIpc) is 2.74. The van der Waals surface area contributed by atoms with Gasteiger partial charge in [-0.15, -0.1) is 0 Å². The lowest BCUT2D eigenvalue weighted by atomic mass is 10.2. The highest BCUT2D eigenvalue weighted by atomic mass is 35.5. The molecule has 0 aliphatic rings. The summed E-state index contributed by atoms with van der Waals surface area (Å²) in [6.07, 6.45) is 1.37. The molecule has 0 bridgehead atoms. The lowest BCUT2D eigenvalue weighted by Gasteiger charge is -2.07. The normalized spacial score (nSPS) is 10.8. The van der Waals surface area contributed by atoms with Gasteiger partial charge in [0.25, 0.3) is 0 Å². The molecule has 5 nitrogen and oxygen atoms in total. The van der Waals surface area contributed by atoms with E-state index in [-0.39, 0.29) is 11.5 Å². The minimum atomic E-state index is -0.989. The lowest BCUT2D eigenvalue weighted by molar-refractivity contribution is -0.390. The molecule has 1 aromatic heterocycles. The number of hydrogen-bond donors (Lipinski definition) is 0. The highest BCUT2D eigenvalue weighted by Crippen LogP contribution is 2.32.